The SMILES string of the molecule is CCCc1noc(/C=C/c2ccc(OC)c([N+](=O)[O-])c2)n1. The summed E-state index contributed by atoms with van der Waals surface area (Å²) >= 11 is 0. The van der Waals surface area contributed by atoms with Gasteiger partial charge in [-0.15, -0.1) is 0 Å². The lowest BCUT2D eigenvalue weighted by atomic mass is 10.1. The monoisotopic (exact) mass is 289 g/mol. The molecule has 0 radical (unpaired) electrons. The first-order chi connectivity index (χ1) is 10.1. The Morgan fingerprint density at radius 2 is 2.24 bits per heavy atom. The van der Waals surface area contributed by atoms with Gasteiger partial charge in [-0.3, -0.25) is 10.1 Å². The van der Waals surface area contributed by atoms with Gasteiger partial charge in [-0.2, -0.15) is 4.98 Å². The molecule has 0 spiro atoms. The number of benzene rings is 1. The molecule has 1 heterocycles. The number of rotatable bonds is 6. The van der Waals surface area contributed by atoms with Crippen LogP contribution in [0.25, 0.3) is 12.2 Å². The van der Waals surface area contributed by atoms with Gasteiger partial charge >= 0.3 is 5.69 Å². The zero-order chi connectivity index (χ0) is 15.2. The molecular formula is C14H15N3O4. The van der Waals surface area contributed by atoms with Crippen LogP contribution in [0.1, 0.15) is 30.6 Å². The topological polar surface area (TPSA) is 91.3 Å². The van der Waals surface area contributed by atoms with Crippen LogP contribution in [0.15, 0.2) is 22.7 Å². The Balaban J connectivity index is 2.20. The van der Waals surface area contributed by atoms with Crippen molar-refractivity contribution in [2.75, 3.05) is 7.11 Å². The minimum Gasteiger partial charge on any atom is -0.490 e. The minimum atomic E-state index is -0.484. The fourth-order valence-electron chi connectivity index (χ4n) is 1.78. The van der Waals surface area contributed by atoms with Crippen molar-refractivity contribution in [3.63, 3.8) is 0 Å². The number of ether oxygens (including phenoxy) is 1. The summed E-state index contributed by atoms with van der Waals surface area (Å²) in [5, 5.41) is 14.8. The number of aromatic nitrogens is 2. The molecule has 110 valence electrons. The molecule has 2 aromatic rings. The van der Waals surface area contributed by atoms with E-state index in [9.17, 15) is 10.1 Å². The Labute approximate surface area is 121 Å². The Morgan fingerprint density at radius 1 is 1.43 bits per heavy atom. The molecule has 0 aliphatic heterocycles. The zero-order valence-electron chi connectivity index (χ0n) is 11.8. The maximum Gasteiger partial charge on any atom is 0.311 e. The highest BCUT2D eigenvalue weighted by atomic mass is 16.6. The summed E-state index contributed by atoms with van der Waals surface area (Å²) in [5.41, 5.74) is 0.564. The first-order valence-electron chi connectivity index (χ1n) is 6.47. The van der Waals surface area contributed by atoms with Crippen molar-refractivity contribution in [3.8, 4) is 5.75 Å². The summed E-state index contributed by atoms with van der Waals surface area (Å²) in [6.07, 6.45) is 4.99. The van der Waals surface area contributed by atoms with Gasteiger partial charge in [-0.05, 0) is 24.1 Å². The molecule has 1 aromatic carbocycles. The molecule has 21 heavy (non-hydrogen) atoms. The van der Waals surface area contributed by atoms with Crippen molar-refractivity contribution >= 4 is 17.8 Å². The van der Waals surface area contributed by atoms with Crippen molar-refractivity contribution in [1.82, 2.24) is 10.1 Å². The number of methoxy groups -OCH3 is 1. The van der Waals surface area contributed by atoms with Gasteiger partial charge in [0.25, 0.3) is 5.89 Å². The Hall–Kier alpha value is -2.70. The number of nitro groups is 1. The lowest BCUT2D eigenvalue weighted by molar-refractivity contribution is -0.385. The molecule has 0 unspecified atom stereocenters. The number of aryl methyl sites for hydroxylation is 1. The highest BCUT2D eigenvalue weighted by molar-refractivity contribution is 5.68. The quantitative estimate of drug-likeness (QED) is 0.599. The van der Waals surface area contributed by atoms with Crippen LogP contribution >= 0.6 is 0 Å². The molecule has 0 atom stereocenters. The second-order valence-electron chi connectivity index (χ2n) is 4.32. The largest absolute Gasteiger partial charge is 0.490 e. The minimum absolute atomic E-state index is 0.0862. The van der Waals surface area contributed by atoms with Crippen molar-refractivity contribution in [2.24, 2.45) is 0 Å². The van der Waals surface area contributed by atoms with Gasteiger partial charge in [0.05, 0.1) is 12.0 Å². The van der Waals surface area contributed by atoms with Gasteiger partial charge in [0, 0.05) is 18.6 Å². The predicted molar refractivity (Wildman–Crippen MR) is 76.9 cm³/mol. The van der Waals surface area contributed by atoms with E-state index in [0.717, 1.165) is 12.8 Å². The van der Waals surface area contributed by atoms with E-state index in [-0.39, 0.29) is 11.4 Å². The average Bonchev–Trinajstić information content (AvgIpc) is 2.93. The van der Waals surface area contributed by atoms with E-state index in [1.165, 1.54) is 13.2 Å². The molecular weight excluding hydrogens is 274 g/mol. The van der Waals surface area contributed by atoms with Crippen molar-refractivity contribution in [3.05, 3.63) is 45.6 Å². The summed E-state index contributed by atoms with van der Waals surface area (Å²) in [6, 6.07) is 4.69. The van der Waals surface area contributed by atoms with Crippen LogP contribution in [-0.4, -0.2) is 22.2 Å². The summed E-state index contributed by atoms with van der Waals surface area (Å²) in [5.74, 6) is 1.25. The fourth-order valence-corrected chi connectivity index (χ4v) is 1.78. The van der Waals surface area contributed by atoms with Crippen molar-refractivity contribution < 1.29 is 14.2 Å². The molecule has 0 aliphatic rings. The molecule has 2 rings (SSSR count). The normalized spacial score (nSPS) is 11.0. The van der Waals surface area contributed by atoms with Gasteiger partial charge in [0.1, 0.15) is 0 Å². The lowest BCUT2D eigenvalue weighted by Crippen LogP contribution is -1.93. The molecule has 1 aromatic heterocycles. The van der Waals surface area contributed by atoms with E-state index in [1.54, 1.807) is 24.3 Å². The fraction of sp³-hybridized carbons (Fsp3) is 0.286. The smallest absolute Gasteiger partial charge is 0.311 e. The average molecular weight is 289 g/mol. The number of hydrogen-bond acceptors (Lipinski definition) is 6. The number of hydrogen-bond donors (Lipinski definition) is 0. The maximum atomic E-state index is 10.9. The third kappa shape index (κ3) is 3.65. The van der Waals surface area contributed by atoms with Crippen LogP contribution in [0, 0.1) is 10.1 Å². The highest BCUT2D eigenvalue weighted by Crippen LogP contribution is 2.28. The molecule has 0 N–H and O–H groups in total. The molecule has 7 nitrogen and oxygen atoms in total. The van der Waals surface area contributed by atoms with Crippen LogP contribution in [0.2, 0.25) is 0 Å². The van der Waals surface area contributed by atoms with Crippen LogP contribution in [0.5, 0.6) is 5.75 Å². The Bertz CT molecular complexity index is 664. The van der Waals surface area contributed by atoms with E-state index < -0.39 is 4.92 Å². The Morgan fingerprint density at radius 3 is 2.90 bits per heavy atom. The first kappa shape index (κ1) is 14.7. The summed E-state index contributed by atoms with van der Waals surface area (Å²) in [7, 11) is 1.39. The van der Waals surface area contributed by atoms with E-state index in [2.05, 4.69) is 10.1 Å². The highest BCUT2D eigenvalue weighted by Gasteiger charge is 2.14. The van der Waals surface area contributed by atoms with E-state index >= 15 is 0 Å². The number of nitrogens with zero attached hydrogens (tertiary/aromatic N) is 3. The van der Waals surface area contributed by atoms with Gasteiger partial charge in [-0.25, -0.2) is 0 Å². The summed E-state index contributed by atoms with van der Waals surface area (Å²) < 4.78 is 10.0. The van der Waals surface area contributed by atoms with Gasteiger partial charge in [0.2, 0.25) is 0 Å². The Kier molecular flexibility index (Phi) is 4.65. The lowest BCUT2D eigenvalue weighted by Gasteiger charge is -2.01. The molecule has 0 amide bonds. The second-order valence-corrected chi connectivity index (χ2v) is 4.32. The first-order valence-corrected chi connectivity index (χ1v) is 6.47. The molecule has 0 fully saturated rings. The standard InChI is InChI=1S/C14H15N3O4/c1-3-4-13-15-14(21-16-13)8-6-10-5-7-12(20-2)11(9-10)17(18)19/h5-9H,3-4H2,1-2H3/b8-6+. The second kappa shape index (κ2) is 6.65. The van der Waals surface area contributed by atoms with E-state index in [1.807, 2.05) is 6.92 Å². The number of nitro benzene ring substituents is 1. The van der Waals surface area contributed by atoms with Crippen molar-refractivity contribution in [2.45, 2.75) is 19.8 Å². The van der Waals surface area contributed by atoms with Crippen molar-refractivity contribution in [1.29, 1.82) is 0 Å². The van der Waals surface area contributed by atoms with Gasteiger partial charge in [0.15, 0.2) is 11.6 Å². The van der Waals surface area contributed by atoms with Crippen LogP contribution in [0.3, 0.4) is 0 Å². The molecule has 0 saturated carbocycles. The molecule has 0 bridgehead atoms. The van der Waals surface area contributed by atoms with Gasteiger partial charge < -0.3 is 9.26 Å². The predicted octanol–water partition coefficient (Wildman–Crippen LogP) is 3.11. The van der Waals surface area contributed by atoms with Crippen LogP contribution in [-0.2, 0) is 6.42 Å². The maximum absolute atomic E-state index is 10.9. The molecule has 0 saturated heterocycles. The van der Waals surface area contributed by atoms with E-state index in [0.29, 0.717) is 17.3 Å². The molecule has 0 aliphatic carbocycles. The van der Waals surface area contributed by atoms with E-state index in [4.69, 9.17) is 9.26 Å². The third-order valence-electron chi connectivity index (χ3n) is 2.78. The summed E-state index contributed by atoms with van der Waals surface area (Å²) in [6.45, 7) is 2.03. The summed E-state index contributed by atoms with van der Waals surface area (Å²) in [4.78, 5) is 14.6. The zero-order valence-corrected chi connectivity index (χ0v) is 11.8. The van der Waals surface area contributed by atoms with Crippen LogP contribution in [0.4, 0.5) is 5.69 Å². The van der Waals surface area contributed by atoms with Crippen LogP contribution < -0.4 is 4.74 Å². The third-order valence-corrected chi connectivity index (χ3v) is 2.78. The van der Waals surface area contributed by atoms with Gasteiger partial charge in [-0.1, -0.05) is 18.1 Å². The molecule has 7 heteroatoms.